The van der Waals surface area contributed by atoms with Crippen LogP contribution < -0.4 is 5.32 Å². The number of hydrogen-bond donors (Lipinski definition) is 1. The second-order valence-electron chi connectivity index (χ2n) is 7.14. The van der Waals surface area contributed by atoms with Gasteiger partial charge in [0.1, 0.15) is 0 Å². The molecule has 0 aliphatic heterocycles. The fourth-order valence-electron chi connectivity index (χ4n) is 3.81. The molecule has 0 amide bonds. The molecular weight excluding hydrogens is 350 g/mol. The summed E-state index contributed by atoms with van der Waals surface area (Å²) in [5.41, 5.74) is 4.66. The van der Waals surface area contributed by atoms with E-state index in [9.17, 15) is 0 Å². The van der Waals surface area contributed by atoms with Crippen molar-refractivity contribution >= 4 is 45.1 Å². The van der Waals surface area contributed by atoms with Gasteiger partial charge in [0, 0.05) is 22.1 Å². The van der Waals surface area contributed by atoms with Gasteiger partial charge in [-0.2, -0.15) is 0 Å². The molecule has 0 saturated carbocycles. The van der Waals surface area contributed by atoms with Crippen molar-refractivity contribution in [1.29, 1.82) is 0 Å². The molecule has 0 aromatic heterocycles. The molecule has 1 N–H and O–H groups in total. The van der Waals surface area contributed by atoms with Crippen molar-refractivity contribution < 1.29 is 0 Å². The standard InChI is InChI=1S/C28H21N/c1-2-9-21(10-3-1)17-18-23-19-20-28(26-15-7-6-13-24(23)26)29-27-16-8-12-22-11-4-5-14-25(22)27/h1-20,29H/b18-17+. The van der Waals surface area contributed by atoms with E-state index >= 15 is 0 Å². The van der Waals surface area contributed by atoms with Gasteiger partial charge in [0.15, 0.2) is 0 Å². The van der Waals surface area contributed by atoms with E-state index in [0.717, 1.165) is 11.4 Å². The van der Waals surface area contributed by atoms with Crippen LogP contribution in [-0.4, -0.2) is 0 Å². The van der Waals surface area contributed by atoms with Gasteiger partial charge in [-0.05, 0) is 34.0 Å². The molecule has 0 saturated heterocycles. The quantitative estimate of drug-likeness (QED) is 0.316. The Labute approximate surface area is 170 Å². The zero-order valence-corrected chi connectivity index (χ0v) is 16.0. The third kappa shape index (κ3) is 3.51. The Kier molecular flexibility index (Phi) is 4.56. The highest BCUT2D eigenvalue weighted by Gasteiger charge is 2.06. The maximum Gasteiger partial charge on any atom is 0.0464 e. The van der Waals surface area contributed by atoms with Gasteiger partial charge < -0.3 is 5.32 Å². The molecule has 0 aliphatic carbocycles. The molecule has 0 atom stereocenters. The first-order valence-electron chi connectivity index (χ1n) is 9.88. The van der Waals surface area contributed by atoms with E-state index in [2.05, 4.69) is 121 Å². The lowest BCUT2D eigenvalue weighted by Crippen LogP contribution is -1.93. The van der Waals surface area contributed by atoms with Crippen LogP contribution in [0.2, 0.25) is 0 Å². The van der Waals surface area contributed by atoms with Gasteiger partial charge in [-0.3, -0.25) is 0 Å². The van der Waals surface area contributed by atoms with Crippen LogP contribution in [0.1, 0.15) is 11.1 Å². The van der Waals surface area contributed by atoms with Crippen molar-refractivity contribution in [2.75, 3.05) is 5.32 Å². The lowest BCUT2D eigenvalue weighted by atomic mass is 10.0. The van der Waals surface area contributed by atoms with Crippen LogP contribution in [0.25, 0.3) is 33.7 Å². The first-order chi connectivity index (χ1) is 14.4. The fraction of sp³-hybridized carbons (Fsp3) is 0. The van der Waals surface area contributed by atoms with Gasteiger partial charge in [-0.25, -0.2) is 0 Å². The zero-order chi connectivity index (χ0) is 19.5. The molecule has 1 nitrogen and oxygen atoms in total. The molecule has 5 rings (SSSR count). The van der Waals surface area contributed by atoms with Crippen molar-refractivity contribution in [3.63, 3.8) is 0 Å². The van der Waals surface area contributed by atoms with Crippen molar-refractivity contribution in [1.82, 2.24) is 0 Å². The zero-order valence-electron chi connectivity index (χ0n) is 16.0. The summed E-state index contributed by atoms with van der Waals surface area (Å²) in [4.78, 5) is 0. The average molecular weight is 371 g/mol. The van der Waals surface area contributed by atoms with Crippen molar-refractivity contribution in [2.24, 2.45) is 0 Å². The minimum Gasteiger partial charge on any atom is -0.355 e. The van der Waals surface area contributed by atoms with Crippen molar-refractivity contribution in [2.45, 2.75) is 0 Å². The Morgan fingerprint density at radius 3 is 1.97 bits per heavy atom. The van der Waals surface area contributed by atoms with E-state index in [0.29, 0.717) is 0 Å². The topological polar surface area (TPSA) is 12.0 Å². The molecule has 5 aromatic carbocycles. The maximum atomic E-state index is 3.67. The normalized spacial score (nSPS) is 11.3. The highest BCUT2D eigenvalue weighted by molar-refractivity contribution is 6.03. The molecular formula is C28H21N. The molecule has 0 aliphatic rings. The van der Waals surface area contributed by atoms with Gasteiger partial charge in [-0.15, -0.1) is 0 Å². The second-order valence-corrected chi connectivity index (χ2v) is 7.14. The van der Waals surface area contributed by atoms with E-state index in [-0.39, 0.29) is 0 Å². The van der Waals surface area contributed by atoms with Crippen LogP contribution in [0, 0.1) is 0 Å². The van der Waals surface area contributed by atoms with Crippen LogP contribution in [0.3, 0.4) is 0 Å². The van der Waals surface area contributed by atoms with E-state index in [1.165, 1.54) is 32.7 Å². The maximum absolute atomic E-state index is 3.67. The summed E-state index contributed by atoms with van der Waals surface area (Å²) < 4.78 is 0. The average Bonchev–Trinajstić information content (AvgIpc) is 2.79. The van der Waals surface area contributed by atoms with Crippen molar-refractivity contribution in [3.8, 4) is 0 Å². The number of benzene rings is 5. The van der Waals surface area contributed by atoms with Crippen molar-refractivity contribution in [3.05, 3.63) is 120 Å². The summed E-state index contributed by atoms with van der Waals surface area (Å²) in [7, 11) is 0. The summed E-state index contributed by atoms with van der Waals surface area (Å²) in [6.07, 6.45) is 4.36. The molecule has 0 spiro atoms. The summed E-state index contributed by atoms with van der Waals surface area (Å²) in [5, 5.41) is 8.59. The number of hydrogen-bond acceptors (Lipinski definition) is 1. The lowest BCUT2D eigenvalue weighted by Gasteiger charge is -2.14. The first-order valence-corrected chi connectivity index (χ1v) is 9.88. The summed E-state index contributed by atoms with van der Waals surface area (Å²) >= 11 is 0. The van der Waals surface area contributed by atoms with Gasteiger partial charge in [-0.1, -0.05) is 109 Å². The Bertz CT molecular complexity index is 1310. The minimum absolute atomic E-state index is 1.12. The van der Waals surface area contributed by atoms with Gasteiger partial charge >= 0.3 is 0 Å². The molecule has 5 aromatic rings. The monoisotopic (exact) mass is 371 g/mol. The van der Waals surface area contributed by atoms with Gasteiger partial charge in [0.05, 0.1) is 0 Å². The number of anilines is 2. The molecule has 1 heteroatoms. The molecule has 0 bridgehead atoms. The van der Waals surface area contributed by atoms with E-state index in [4.69, 9.17) is 0 Å². The Balaban J connectivity index is 1.57. The number of fused-ring (bicyclic) bond motifs is 2. The third-order valence-electron chi connectivity index (χ3n) is 5.27. The van der Waals surface area contributed by atoms with E-state index in [1.54, 1.807) is 0 Å². The van der Waals surface area contributed by atoms with E-state index < -0.39 is 0 Å². The highest BCUT2D eigenvalue weighted by atomic mass is 14.9. The molecule has 29 heavy (non-hydrogen) atoms. The van der Waals surface area contributed by atoms with Crippen LogP contribution in [0.5, 0.6) is 0 Å². The predicted molar refractivity (Wildman–Crippen MR) is 127 cm³/mol. The third-order valence-corrected chi connectivity index (χ3v) is 5.27. The highest BCUT2D eigenvalue weighted by Crippen LogP contribution is 2.32. The molecule has 0 radical (unpaired) electrons. The SMILES string of the molecule is C(=C\c1ccc(Nc2cccc3ccccc23)c2ccccc12)/c1ccccc1. The van der Waals surface area contributed by atoms with Gasteiger partial charge in [0.25, 0.3) is 0 Å². The Morgan fingerprint density at radius 2 is 1.10 bits per heavy atom. The fourth-order valence-corrected chi connectivity index (χ4v) is 3.81. The number of rotatable bonds is 4. The molecule has 0 heterocycles. The Hall–Kier alpha value is -3.84. The predicted octanol–water partition coefficient (Wildman–Crippen LogP) is 7.91. The summed E-state index contributed by atoms with van der Waals surface area (Å²) in [6, 6.07) is 38.2. The molecule has 0 unspecified atom stereocenters. The van der Waals surface area contributed by atoms with Crippen LogP contribution in [0.4, 0.5) is 11.4 Å². The largest absolute Gasteiger partial charge is 0.355 e. The summed E-state index contributed by atoms with van der Waals surface area (Å²) in [6.45, 7) is 0. The second kappa shape index (κ2) is 7.65. The van der Waals surface area contributed by atoms with Crippen LogP contribution >= 0.6 is 0 Å². The smallest absolute Gasteiger partial charge is 0.0464 e. The van der Waals surface area contributed by atoms with Crippen LogP contribution in [0.15, 0.2) is 109 Å². The first kappa shape index (κ1) is 17.3. The number of nitrogens with one attached hydrogen (secondary N) is 1. The van der Waals surface area contributed by atoms with E-state index in [1.807, 2.05) is 6.07 Å². The molecule has 138 valence electrons. The molecule has 0 fully saturated rings. The van der Waals surface area contributed by atoms with Gasteiger partial charge in [0.2, 0.25) is 0 Å². The Morgan fingerprint density at radius 1 is 0.448 bits per heavy atom. The summed E-state index contributed by atoms with van der Waals surface area (Å²) in [5.74, 6) is 0. The minimum atomic E-state index is 1.12. The van der Waals surface area contributed by atoms with Crippen LogP contribution in [-0.2, 0) is 0 Å². The lowest BCUT2D eigenvalue weighted by molar-refractivity contribution is 1.60.